The first kappa shape index (κ1) is 23.0. The summed E-state index contributed by atoms with van der Waals surface area (Å²) in [7, 11) is 3.47. The molecule has 1 aromatic rings. The molecule has 9 heteroatoms. The fourth-order valence-corrected chi connectivity index (χ4v) is 4.17. The molecule has 1 aromatic carbocycles. The van der Waals surface area contributed by atoms with E-state index in [-0.39, 0.29) is 22.4 Å². The number of hydrogen-bond acceptors (Lipinski definition) is 6. The molecule has 31 heavy (non-hydrogen) atoms. The predicted molar refractivity (Wildman–Crippen MR) is 119 cm³/mol. The van der Waals surface area contributed by atoms with Gasteiger partial charge >= 0.3 is 0 Å². The molecule has 2 heterocycles. The zero-order valence-electron chi connectivity index (χ0n) is 18.7. The molecule has 0 aromatic heterocycles. The summed E-state index contributed by atoms with van der Waals surface area (Å²) in [6.07, 6.45) is 2.79. The van der Waals surface area contributed by atoms with Crippen molar-refractivity contribution in [3.63, 3.8) is 0 Å². The minimum Gasteiger partial charge on any atom is -0.366 e. The number of likely N-dealkylation sites (N-methyl/N-ethyl adjacent to an activating group) is 1. The summed E-state index contributed by atoms with van der Waals surface area (Å²) in [6, 6.07) is 4.86. The van der Waals surface area contributed by atoms with Crippen LogP contribution in [0.15, 0.2) is 18.2 Å². The summed E-state index contributed by atoms with van der Waals surface area (Å²) in [6.45, 7) is 6.55. The lowest BCUT2D eigenvalue weighted by molar-refractivity contribution is -0.384. The number of piperidine rings is 1. The number of nitrogens with zero attached hydrogens (tertiary/aromatic N) is 5. The molecule has 2 saturated heterocycles. The molecule has 0 aliphatic carbocycles. The maximum Gasteiger partial charge on any atom is 0.293 e. The summed E-state index contributed by atoms with van der Waals surface area (Å²) >= 11 is 0. The highest BCUT2D eigenvalue weighted by Crippen LogP contribution is 2.32. The van der Waals surface area contributed by atoms with E-state index < -0.39 is 0 Å². The smallest absolute Gasteiger partial charge is 0.293 e. The highest BCUT2D eigenvalue weighted by atomic mass is 16.6. The van der Waals surface area contributed by atoms with E-state index >= 15 is 0 Å². The van der Waals surface area contributed by atoms with Gasteiger partial charge in [-0.3, -0.25) is 24.6 Å². The standard InChI is InChI=1S/C22H33N5O4/c1-17-7-11-25(12-8-17)19-6-5-18(15-20(19)27(30)31)22(29)26-10-4-9-24(13-14-26)16-21(28)23(2)3/h5-6,15,17H,4,7-14,16H2,1-3H3. The van der Waals surface area contributed by atoms with Crippen molar-refractivity contribution < 1.29 is 14.5 Å². The second-order valence-corrected chi connectivity index (χ2v) is 8.84. The number of rotatable bonds is 5. The molecule has 2 aliphatic heterocycles. The highest BCUT2D eigenvalue weighted by Gasteiger charge is 2.27. The van der Waals surface area contributed by atoms with Crippen molar-refractivity contribution in [2.45, 2.75) is 26.2 Å². The minimum atomic E-state index is -0.388. The molecule has 2 fully saturated rings. The number of benzene rings is 1. The zero-order chi connectivity index (χ0) is 22.5. The van der Waals surface area contributed by atoms with E-state index in [1.54, 1.807) is 36.0 Å². The number of nitro groups is 1. The monoisotopic (exact) mass is 431 g/mol. The summed E-state index contributed by atoms with van der Waals surface area (Å²) in [4.78, 5) is 43.8. The van der Waals surface area contributed by atoms with Gasteiger partial charge in [-0.1, -0.05) is 6.92 Å². The van der Waals surface area contributed by atoms with E-state index in [9.17, 15) is 19.7 Å². The number of anilines is 1. The second kappa shape index (κ2) is 10.1. The normalized spacial score (nSPS) is 18.5. The number of carbonyl (C=O) groups excluding carboxylic acids is 2. The topological polar surface area (TPSA) is 90.2 Å². The number of carbonyl (C=O) groups is 2. The van der Waals surface area contributed by atoms with Gasteiger partial charge < -0.3 is 14.7 Å². The van der Waals surface area contributed by atoms with Crippen LogP contribution in [0.3, 0.4) is 0 Å². The minimum absolute atomic E-state index is 0.00608. The molecule has 2 aliphatic rings. The molecular weight excluding hydrogens is 398 g/mol. The molecule has 0 atom stereocenters. The third kappa shape index (κ3) is 5.72. The first-order valence-corrected chi connectivity index (χ1v) is 11.0. The molecule has 170 valence electrons. The quantitative estimate of drug-likeness (QED) is 0.524. The molecule has 0 unspecified atom stereocenters. The van der Waals surface area contributed by atoms with E-state index in [2.05, 4.69) is 16.7 Å². The highest BCUT2D eigenvalue weighted by molar-refractivity contribution is 5.96. The Balaban J connectivity index is 1.70. The Morgan fingerprint density at radius 3 is 2.45 bits per heavy atom. The molecule has 0 saturated carbocycles. The number of nitro benzene ring substituents is 1. The van der Waals surface area contributed by atoms with Crippen molar-refractivity contribution in [3.05, 3.63) is 33.9 Å². The number of amides is 2. The lowest BCUT2D eigenvalue weighted by Crippen LogP contribution is -2.39. The van der Waals surface area contributed by atoms with Gasteiger partial charge in [0.25, 0.3) is 11.6 Å². The van der Waals surface area contributed by atoms with Gasteiger partial charge in [-0.25, -0.2) is 0 Å². The maximum atomic E-state index is 13.1. The van der Waals surface area contributed by atoms with Crippen LogP contribution in [0.1, 0.15) is 36.5 Å². The fourth-order valence-electron chi connectivity index (χ4n) is 4.17. The van der Waals surface area contributed by atoms with Gasteiger partial charge in [0.15, 0.2) is 0 Å². The molecule has 2 amide bonds. The Kier molecular flexibility index (Phi) is 7.48. The van der Waals surface area contributed by atoms with Crippen LogP contribution in [0.4, 0.5) is 11.4 Å². The predicted octanol–water partition coefficient (Wildman–Crippen LogP) is 2.07. The van der Waals surface area contributed by atoms with Crippen LogP contribution < -0.4 is 4.90 Å². The Bertz CT molecular complexity index is 820. The lowest BCUT2D eigenvalue weighted by Gasteiger charge is -2.31. The van der Waals surface area contributed by atoms with Crippen molar-refractivity contribution in [3.8, 4) is 0 Å². The average molecular weight is 432 g/mol. The Morgan fingerprint density at radius 1 is 1.10 bits per heavy atom. The molecule has 0 radical (unpaired) electrons. The van der Waals surface area contributed by atoms with Crippen LogP contribution in [0.2, 0.25) is 0 Å². The van der Waals surface area contributed by atoms with Gasteiger partial charge in [-0.2, -0.15) is 0 Å². The third-order valence-electron chi connectivity index (χ3n) is 6.28. The molecular formula is C22H33N5O4. The van der Waals surface area contributed by atoms with Crippen molar-refractivity contribution >= 4 is 23.2 Å². The van der Waals surface area contributed by atoms with E-state index in [0.717, 1.165) is 38.9 Å². The van der Waals surface area contributed by atoms with E-state index in [1.165, 1.54) is 6.07 Å². The third-order valence-corrected chi connectivity index (χ3v) is 6.28. The second-order valence-electron chi connectivity index (χ2n) is 8.84. The Hall–Kier alpha value is -2.68. The van der Waals surface area contributed by atoms with Gasteiger partial charge in [-0.15, -0.1) is 0 Å². The van der Waals surface area contributed by atoms with E-state index in [0.29, 0.717) is 43.3 Å². The van der Waals surface area contributed by atoms with Gasteiger partial charge in [-0.05, 0) is 37.3 Å². The summed E-state index contributed by atoms with van der Waals surface area (Å²) in [5.41, 5.74) is 0.935. The molecule has 3 rings (SSSR count). The maximum absolute atomic E-state index is 13.1. The van der Waals surface area contributed by atoms with Crippen LogP contribution in [0, 0.1) is 16.0 Å². The van der Waals surface area contributed by atoms with Gasteiger partial charge in [0, 0.05) is 65.0 Å². The summed E-state index contributed by atoms with van der Waals surface area (Å²) < 4.78 is 0. The van der Waals surface area contributed by atoms with Gasteiger partial charge in [0.05, 0.1) is 11.5 Å². The lowest BCUT2D eigenvalue weighted by atomic mass is 9.98. The van der Waals surface area contributed by atoms with Gasteiger partial charge in [0.1, 0.15) is 5.69 Å². The Morgan fingerprint density at radius 2 is 1.81 bits per heavy atom. The van der Waals surface area contributed by atoms with Crippen molar-refractivity contribution in [1.82, 2.24) is 14.7 Å². The molecule has 0 spiro atoms. The van der Waals surface area contributed by atoms with Crippen LogP contribution in [0.25, 0.3) is 0 Å². The molecule has 9 nitrogen and oxygen atoms in total. The first-order chi connectivity index (χ1) is 14.8. The van der Waals surface area contributed by atoms with Crippen LogP contribution in [-0.2, 0) is 4.79 Å². The van der Waals surface area contributed by atoms with E-state index in [1.807, 2.05) is 0 Å². The van der Waals surface area contributed by atoms with Crippen LogP contribution in [0.5, 0.6) is 0 Å². The summed E-state index contributed by atoms with van der Waals surface area (Å²) in [5.74, 6) is 0.479. The van der Waals surface area contributed by atoms with E-state index in [4.69, 9.17) is 0 Å². The molecule has 0 bridgehead atoms. The zero-order valence-corrected chi connectivity index (χ0v) is 18.7. The van der Waals surface area contributed by atoms with Crippen molar-refractivity contribution in [2.75, 3.05) is 64.8 Å². The largest absolute Gasteiger partial charge is 0.366 e. The van der Waals surface area contributed by atoms with Gasteiger partial charge in [0.2, 0.25) is 5.91 Å². The Labute approximate surface area is 183 Å². The fraction of sp³-hybridized carbons (Fsp3) is 0.636. The van der Waals surface area contributed by atoms with Crippen LogP contribution in [-0.4, -0.2) is 91.3 Å². The van der Waals surface area contributed by atoms with Crippen molar-refractivity contribution in [2.24, 2.45) is 5.92 Å². The number of hydrogen-bond donors (Lipinski definition) is 0. The van der Waals surface area contributed by atoms with Crippen molar-refractivity contribution in [1.29, 1.82) is 0 Å². The SMILES string of the molecule is CC1CCN(c2ccc(C(=O)N3CCCN(CC(=O)N(C)C)CC3)cc2[N+](=O)[O-])CC1. The van der Waals surface area contributed by atoms with Crippen LogP contribution >= 0.6 is 0 Å². The summed E-state index contributed by atoms with van der Waals surface area (Å²) in [5, 5.41) is 11.7. The molecule has 0 N–H and O–H groups in total. The first-order valence-electron chi connectivity index (χ1n) is 11.0. The average Bonchev–Trinajstić information content (AvgIpc) is 2.99.